The Morgan fingerprint density at radius 2 is 2.26 bits per heavy atom. The number of fused-ring (bicyclic) bond motifs is 1. The molecule has 100 valence electrons. The van der Waals surface area contributed by atoms with E-state index in [2.05, 4.69) is 4.98 Å². The van der Waals surface area contributed by atoms with Crippen molar-refractivity contribution in [1.29, 1.82) is 5.41 Å². The number of nitrogens with one attached hydrogen (secondary N) is 1. The molecule has 0 bridgehead atoms. The van der Waals surface area contributed by atoms with Crippen molar-refractivity contribution in [2.24, 2.45) is 0 Å². The minimum absolute atomic E-state index is 0.0271. The van der Waals surface area contributed by atoms with Crippen molar-refractivity contribution in [2.75, 3.05) is 6.54 Å². The van der Waals surface area contributed by atoms with Crippen molar-refractivity contribution < 1.29 is 15.0 Å². The first-order valence-corrected chi connectivity index (χ1v) is 5.89. The zero-order chi connectivity index (χ0) is 14.0. The average molecular weight is 261 g/mol. The van der Waals surface area contributed by atoms with Gasteiger partial charge in [-0.15, -0.1) is 0 Å². The molecule has 2 heterocycles. The van der Waals surface area contributed by atoms with Crippen LogP contribution in [0, 0.1) is 5.41 Å². The number of aromatic hydroxyl groups is 1. The minimum Gasteiger partial charge on any atom is -0.503 e. The Balaban J connectivity index is 2.16. The lowest BCUT2D eigenvalue weighted by Gasteiger charge is -2.28. The van der Waals surface area contributed by atoms with Gasteiger partial charge in [0.05, 0.1) is 0 Å². The molecule has 6 nitrogen and oxygen atoms in total. The van der Waals surface area contributed by atoms with Crippen LogP contribution in [0.2, 0.25) is 0 Å². The quantitative estimate of drug-likeness (QED) is 0.422. The molecular formula is C13H15N3O3. The summed E-state index contributed by atoms with van der Waals surface area (Å²) in [6.45, 7) is 2.29. The largest absolute Gasteiger partial charge is 0.503 e. The first-order chi connectivity index (χ1) is 8.97. The van der Waals surface area contributed by atoms with E-state index in [0.29, 0.717) is 19.5 Å². The van der Waals surface area contributed by atoms with Crippen LogP contribution in [0.15, 0.2) is 24.1 Å². The average Bonchev–Trinajstić information content (AvgIpc) is 2.36. The fraction of sp³-hybridized carbons (Fsp3) is 0.308. The van der Waals surface area contributed by atoms with E-state index in [1.165, 1.54) is 18.0 Å². The van der Waals surface area contributed by atoms with E-state index in [0.717, 1.165) is 17.2 Å². The van der Waals surface area contributed by atoms with Gasteiger partial charge < -0.3 is 20.5 Å². The van der Waals surface area contributed by atoms with Gasteiger partial charge in [0.15, 0.2) is 5.76 Å². The number of allylic oxidation sites excluding steroid dienone is 1. The summed E-state index contributed by atoms with van der Waals surface area (Å²) in [6.07, 6.45) is 3.27. The summed E-state index contributed by atoms with van der Waals surface area (Å²) in [5.41, 5.74) is 1.94. The van der Waals surface area contributed by atoms with Gasteiger partial charge in [0.1, 0.15) is 0 Å². The third-order valence-corrected chi connectivity index (χ3v) is 2.94. The summed E-state index contributed by atoms with van der Waals surface area (Å²) in [4.78, 5) is 17.2. The molecule has 0 unspecified atom stereocenters. The van der Waals surface area contributed by atoms with Crippen LogP contribution in [0.1, 0.15) is 18.1 Å². The van der Waals surface area contributed by atoms with E-state index in [4.69, 9.17) is 5.41 Å². The molecule has 0 aliphatic carbocycles. The van der Waals surface area contributed by atoms with Gasteiger partial charge in [-0.3, -0.25) is 4.79 Å². The molecule has 0 aromatic carbocycles. The first-order valence-electron chi connectivity index (χ1n) is 5.89. The molecule has 0 saturated heterocycles. The van der Waals surface area contributed by atoms with Crippen LogP contribution in [0.25, 0.3) is 0 Å². The molecule has 0 radical (unpaired) electrons. The molecule has 2 rings (SSSR count). The predicted molar refractivity (Wildman–Crippen MR) is 69.1 cm³/mol. The number of amides is 1. The number of carbonyl (C=O) groups excluding carboxylic acids is 1. The molecule has 0 saturated carbocycles. The number of nitrogens with zero attached hydrogens (tertiary/aromatic N) is 2. The van der Waals surface area contributed by atoms with Gasteiger partial charge in [0.2, 0.25) is 5.88 Å². The number of hydrogen-bond acceptors (Lipinski definition) is 5. The normalized spacial score (nSPS) is 15.0. The van der Waals surface area contributed by atoms with Crippen LogP contribution in [0.5, 0.6) is 5.88 Å². The highest BCUT2D eigenvalue weighted by Crippen LogP contribution is 2.21. The molecule has 0 spiro atoms. The first kappa shape index (κ1) is 13.1. The van der Waals surface area contributed by atoms with Gasteiger partial charge in [-0.1, -0.05) is 0 Å². The molecule has 19 heavy (non-hydrogen) atoms. The third-order valence-electron chi connectivity index (χ3n) is 2.94. The van der Waals surface area contributed by atoms with Gasteiger partial charge in [-0.25, -0.2) is 4.98 Å². The highest BCUT2D eigenvalue weighted by Gasteiger charge is 2.23. The molecule has 1 aliphatic rings. The molecule has 1 aromatic rings. The van der Waals surface area contributed by atoms with Gasteiger partial charge in [0.25, 0.3) is 5.91 Å². The summed E-state index contributed by atoms with van der Waals surface area (Å²) in [5.74, 6) is -0.950. The maximum absolute atomic E-state index is 12.0. The van der Waals surface area contributed by atoms with Gasteiger partial charge in [-0.2, -0.15) is 0 Å². The topological polar surface area (TPSA) is 97.5 Å². The smallest absolute Gasteiger partial charge is 0.289 e. The summed E-state index contributed by atoms with van der Waals surface area (Å²) in [6, 6.07) is 1.59. The van der Waals surface area contributed by atoms with E-state index in [1.807, 2.05) is 0 Å². The second kappa shape index (κ2) is 5.09. The molecule has 1 aromatic heterocycles. The Morgan fingerprint density at radius 1 is 1.53 bits per heavy atom. The van der Waals surface area contributed by atoms with Crippen molar-refractivity contribution >= 4 is 11.6 Å². The lowest BCUT2D eigenvalue weighted by atomic mass is 10.0. The number of pyridine rings is 1. The number of carbonyl (C=O) groups is 1. The van der Waals surface area contributed by atoms with Crippen LogP contribution >= 0.6 is 0 Å². The maximum atomic E-state index is 12.0. The van der Waals surface area contributed by atoms with E-state index in [-0.39, 0.29) is 11.6 Å². The van der Waals surface area contributed by atoms with Gasteiger partial charge >= 0.3 is 0 Å². The molecule has 1 aliphatic heterocycles. The standard InChI is InChI=1S/C13H15N3O3/c1-8(14)4-11(17)13(19)16-3-2-9-5-12(18)15-6-10(9)7-16/h4-6,14,17H,2-3,7H2,1H3,(H,15,18)/b11-4-,14-8?. The van der Waals surface area contributed by atoms with E-state index >= 15 is 0 Å². The Morgan fingerprint density at radius 3 is 2.95 bits per heavy atom. The van der Waals surface area contributed by atoms with E-state index in [9.17, 15) is 15.0 Å². The fourth-order valence-corrected chi connectivity index (χ4v) is 2.03. The third kappa shape index (κ3) is 2.90. The second-order valence-electron chi connectivity index (χ2n) is 4.50. The van der Waals surface area contributed by atoms with Crippen molar-refractivity contribution in [2.45, 2.75) is 19.9 Å². The van der Waals surface area contributed by atoms with Gasteiger partial charge in [0, 0.05) is 37.1 Å². The second-order valence-corrected chi connectivity index (χ2v) is 4.50. The highest BCUT2D eigenvalue weighted by atomic mass is 16.3. The van der Waals surface area contributed by atoms with Crippen molar-refractivity contribution in [3.05, 3.63) is 35.2 Å². The molecule has 3 N–H and O–H groups in total. The Bertz CT molecular complexity index is 566. The zero-order valence-electron chi connectivity index (χ0n) is 10.6. The molecule has 1 amide bonds. The van der Waals surface area contributed by atoms with Crippen LogP contribution in [0.4, 0.5) is 0 Å². The van der Waals surface area contributed by atoms with Crippen LogP contribution in [-0.4, -0.2) is 38.3 Å². The van der Waals surface area contributed by atoms with Crippen molar-refractivity contribution in [1.82, 2.24) is 9.88 Å². The molecule has 6 heteroatoms. The number of hydrogen-bond donors (Lipinski definition) is 3. The Hall–Kier alpha value is -2.37. The molecule has 0 atom stereocenters. The molecular weight excluding hydrogens is 246 g/mol. The van der Waals surface area contributed by atoms with E-state index in [1.54, 1.807) is 6.07 Å². The summed E-state index contributed by atoms with van der Waals surface area (Å²) in [5, 5.41) is 26.1. The Labute approximate surface area is 110 Å². The predicted octanol–water partition coefficient (Wildman–Crippen LogP) is 1.15. The van der Waals surface area contributed by atoms with Crippen LogP contribution in [0.3, 0.4) is 0 Å². The van der Waals surface area contributed by atoms with Gasteiger partial charge in [-0.05, 0) is 24.5 Å². The van der Waals surface area contributed by atoms with Crippen molar-refractivity contribution in [3.8, 4) is 5.88 Å². The SMILES string of the molecule is CC(=N)/C=C(\O)C(=O)N1CCc2cc(O)ncc2C1. The lowest BCUT2D eigenvalue weighted by molar-refractivity contribution is -0.130. The summed E-state index contributed by atoms with van der Waals surface area (Å²) >= 11 is 0. The summed E-state index contributed by atoms with van der Waals surface area (Å²) in [7, 11) is 0. The number of aliphatic hydroxyl groups is 1. The highest BCUT2D eigenvalue weighted by molar-refractivity contribution is 6.00. The Kier molecular flexibility index (Phi) is 3.50. The number of aliphatic hydroxyl groups excluding tert-OH is 1. The summed E-state index contributed by atoms with van der Waals surface area (Å²) < 4.78 is 0. The molecule has 0 fully saturated rings. The number of aromatic nitrogens is 1. The van der Waals surface area contributed by atoms with Crippen LogP contribution in [-0.2, 0) is 17.8 Å². The number of rotatable bonds is 2. The zero-order valence-corrected chi connectivity index (χ0v) is 10.6. The van der Waals surface area contributed by atoms with E-state index < -0.39 is 11.7 Å². The maximum Gasteiger partial charge on any atom is 0.289 e. The monoisotopic (exact) mass is 261 g/mol. The minimum atomic E-state index is -0.495. The van der Waals surface area contributed by atoms with Crippen molar-refractivity contribution in [3.63, 3.8) is 0 Å². The fourth-order valence-electron chi connectivity index (χ4n) is 2.03. The van der Waals surface area contributed by atoms with Crippen LogP contribution < -0.4 is 0 Å². The lowest BCUT2D eigenvalue weighted by Crippen LogP contribution is -2.37.